The van der Waals surface area contributed by atoms with Gasteiger partial charge in [0.1, 0.15) is 17.3 Å². The molecule has 0 saturated heterocycles. The molecule has 0 radical (unpaired) electrons. The molecule has 122 valence electrons. The van der Waals surface area contributed by atoms with Crippen molar-refractivity contribution < 1.29 is 13.6 Å². The summed E-state index contributed by atoms with van der Waals surface area (Å²) in [6.45, 7) is 4.26. The van der Waals surface area contributed by atoms with Gasteiger partial charge in [-0.1, -0.05) is 25.0 Å². The van der Waals surface area contributed by atoms with Crippen molar-refractivity contribution in [3.8, 4) is 0 Å². The molecule has 1 aliphatic rings. The highest BCUT2D eigenvalue weighted by atomic mass is 19.1. The van der Waals surface area contributed by atoms with E-state index in [1.807, 2.05) is 19.9 Å². The molecule has 0 bridgehead atoms. The number of carbonyl (C=O) groups is 1. The molecular weight excluding hydrogens is 293 g/mol. The molecule has 1 amide bonds. The Morgan fingerprint density at radius 1 is 1.22 bits per heavy atom. The molecule has 4 heteroatoms. The third-order valence-corrected chi connectivity index (χ3v) is 4.87. The second kappa shape index (κ2) is 6.19. The first-order chi connectivity index (χ1) is 11.0. The molecule has 1 aliphatic carbocycles. The second-order valence-electron chi connectivity index (χ2n) is 6.42. The number of furan rings is 1. The Hall–Kier alpha value is -2.10. The van der Waals surface area contributed by atoms with Gasteiger partial charge in [0.2, 0.25) is 5.91 Å². The zero-order valence-corrected chi connectivity index (χ0v) is 13.6. The summed E-state index contributed by atoms with van der Waals surface area (Å²) in [7, 11) is 0. The van der Waals surface area contributed by atoms with Gasteiger partial charge in [0, 0.05) is 12.1 Å². The highest BCUT2D eigenvalue weighted by molar-refractivity contribution is 5.88. The van der Waals surface area contributed by atoms with Gasteiger partial charge in [0.15, 0.2) is 0 Å². The minimum atomic E-state index is -0.527. The zero-order valence-electron chi connectivity index (χ0n) is 13.6. The van der Waals surface area contributed by atoms with E-state index in [1.165, 1.54) is 12.1 Å². The summed E-state index contributed by atoms with van der Waals surface area (Å²) in [4.78, 5) is 12.9. The van der Waals surface area contributed by atoms with Gasteiger partial charge < -0.3 is 9.73 Å². The van der Waals surface area contributed by atoms with Gasteiger partial charge in [-0.05, 0) is 50.5 Å². The van der Waals surface area contributed by atoms with Crippen LogP contribution >= 0.6 is 0 Å². The Morgan fingerprint density at radius 3 is 2.43 bits per heavy atom. The normalized spacial score (nSPS) is 16.5. The van der Waals surface area contributed by atoms with E-state index < -0.39 is 5.41 Å². The highest BCUT2D eigenvalue weighted by Gasteiger charge is 2.42. The number of hydrogen-bond acceptors (Lipinski definition) is 2. The summed E-state index contributed by atoms with van der Waals surface area (Å²) in [5.74, 6) is 1.44. The van der Waals surface area contributed by atoms with Gasteiger partial charge in [0.05, 0.1) is 5.41 Å². The Balaban J connectivity index is 1.79. The molecule has 1 N–H and O–H groups in total. The summed E-state index contributed by atoms with van der Waals surface area (Å²) < 4.78 is 18.7. The molecule has 2 aromatic rings. The van der Waals surface area contributed by atoms with Gasteiger partial charge in [-0.25, -0.2) is 4.39 Å². The lowest BCUT2D eigenvalue weighted by molar-refractivity contribution is -0.126. The van der Waals surface area contributed by atoms with Gasteiger partial charge >= 0.3 is 0 Å². The van der Waals surface area contributed by atoms with Crippen LogP contribution in [-0.2, 0) is 16.8 Å². The molecule has 1 saturated carbocycles. The summed E-state index contributed by atoms with van der Waals surface area (Å²) >= 11 is 0. The monoisotopic (exact) mass is 315 g/mol. The van der Waals surface area contributed by atoms with Crippen molar-refractivity contribution in [1.29, 1.82) is 0 Å². The molecular formula is C19H22FNO2. The van der Waals surface area contributed by atoms with E-state index in [0.29, 0.717) is 6.54 Å². The van der Waals surface area contributed by atoms with Gasteiger partial charge in [-0.2, -0.15) is 0 Å². The van der Waals surface area contributed by atoms with Crippen molar-refractivity contribution in [2.24, 2.45) is 0 Å². The van der Waals surface area contributed by atoms with Crippen LogP contribution in [0.2, 0.25) is 0 Å². The maximum absolute atomic E-state index is 13.2. The van der Waals surface area contributed by atoms with E-state index in [9.17, 15) is 9.18 Å². The quantitative estimate of drug-likeness (QED) is 0.920. The largest absolute Gasteiger partial charge is 0.466 e. The van der Waals surface area contributed by atoms with Crippen molar-refractivity contribution in [1.82, 2.24) is 5.32 Å². The summed E-state index contributed by atoms with van der Waals surface area (Å²) in [5, 5.41) is 3.06. The Kier molecular flexibility index (Phi) is 4.24. The van der Waals surface area contributed by atoms with Crippen LogP contribution in [0.5, 0.6) is 0 Å². The van der Waals surface area contributed by atoms with Crippen molar-refractivity contribution in [2.45, 2.75) is 51.5 Å². The van der Waals surface area contributed by atoms with Crippen LogP contribution in [-0.4, -0.2) is 5.91 Å². The molecule has 1 fully saturated rings. The van der Waals surface area contributed by atoms with Crippen LogP contribution in [0.1, 0.15) is 48.3 Å². The Bertz CT molecular complexity index is 697. The Morgan fingerprint density at radius 2 is 1.87 bits per heavy atom. The lowest BCUT2D eigenvalue weighted by Crippen LogP contribution is -2.42. The average molecular weight is 315 g/mol. The molecule has 1 heterocycles. The third kappa shape index (κ3) is 3.03. The number of halogens is 1. The number of nitrogens with one attached hydrogen (secondary N) is 1. The summed E-state index contributed by atoms with van der Waals surface area (Å²) in [6, 6.07) is 8.31. The van der Waals surface area contributed by atoms with Crippen LogP contribution in [0.15, 0.2) is 34.7 Å². The van der Waals surface area contributed by atoms with E-state index in [4.69, 9.17) is 4.42 Å². The minimum absolute atomic E-state index is 0.0276. The lowest BCUT2D eigenvalue weighted by atomic mass is 9.78. The van der Waals surface area contributed by atoms with Gasteiger partial charge in [-0.15, -0.1) is 0 Å². The first-order valence-electron chi connectivity index (χ1n) is 8.11. The molecule has 0 aliphatic heterocycles. The SMILES string of the molecule is Cc1cc(CNC(=O)C2(c3ccc(F)cc3)CCCC2)c(C)o1. The van der Waals surface area contributed by atoms with Crippen LogP contribution in [0.4, 0.5) is 4.39 Å². The topological polar surface area (TPSA) is 42.2 Å². The van der Waals surface area contributed by atoms with Crippen LogP contribution in [0.25, 0.3) is 0 Å². The molecule has 1 aromatic carbocycles. The molecule has 0 unspecified atom stereocenters. The fourth-order valence-corrected chi connectivity index (χ4v) is 3.60. The van der Waals surface area contributed by atoms with E-state index >= 15 is 0 Å². The molecule has 23 heavy (non-hydrogen) atoms. The molecule has 0 spiro atoms. The van der Waals surface area contributed by atoms with E-state index in [-0.39, 0.29) is 11.7 Å². The smallest absolute Gasteiger partial charge is 0.230 e. The average Bonchev–Trinajstić information content (AvgIpc) is 3.13. The predicted octanol–water partition coefficient (Wildman–Crippen LogP) is 4.16. The number of carbonyl (C=O) groups excluding carboxylic acids is 1. The second-order valence-corrected chi connectivity index (χ2v) is 6.42. The van der Waals surface area contributed by atoms with Crippen LogP contribution in [0.3, 0.4) is 0 Å². The fourth-order valence-electron chi connectivity index (χ4n) is 3.60. The van der Waals surface area contributed by atoms with Crippen molar-refractivity contribution in [2.75, 3.05) is 0 Å². The number of aryl methyl sites for hydroxylation is 2. The number of hydrogen-bond donors (Lipinski definition) is 1. The van der Waals surface area contributed by atoms with E-state index in [1.54, 1.807) is 12.1 Å². The van der Waals surface area contributed by atoms with Crippen molar-refractivity contribution in [3.05, 3.63) is 58.8 Å². The minimum Gasteiger partial charge on any atom is -0.466 e. The highest BCUT2D eigenvalue weighted by Crippen LogP contribution is 2.41. The standard InChI is InChI=1S/C19H22FNO2/c1-13-11-15(14(2)23-13)12-21-18(22)19(9-3-4-10-19)16-5-7-17(20)8-6-16/h5-8,11H,3-4,9-10,12H2,1-2H3,(H,21,22). The maximum atomic E-state index is 13.2. The third-order valence-electron chi connectivity index (χ3n) is 4.87. The van der Waals surface area contributed by atoms with Crippen molar-refractivity contribution >= 4 is 5.91 Å². The molecule has 1 aromatic heterocycles. The Labute approximate surface area is 135 Å². The van der Waals surface area contributed by atoms with E-state index in [2.05, 4.69) is 5.32 Å². The van der Waals surface area contributed by atoms with Crippen molar-refractivity contribution in [3.63, 3.8) is 0 Å². The summed E-state index contributed by atoms with van der Waals surface area (Å²) in [6.07, 6.45) is 3.67. The van der Waals surface area contributed by atoms with Gasteiger partial charge in [-0.3, -0.25) is 4.79 Å². The van der Waals surface area contributed by atoms with Crippen LogP contribution < -0.4 is 5.32 Å². The first kappa shape index (κ1) is 15.8. The molecule has 3 nitrogen and oxygen atoms in total. The molecule has 3 rings (SSSR count). The fraction of sp³-hybridized carbons (Fsp3) is 0.421. The maximum Gasteiger partial charge on any atom is 0.230 e. The lowest BCUT2D eigenvalue weighted by Gasteiger charge is -2.28. The summed E-state index contributed by atoms with van der Waals surface area (Å²) in [5.41, 5.74) is 1.39. The number of amides is 1. The van der Waals surface area contributed by atoms with E-state index in [0.717, 1.165) is 48.3 Å². The predicted molar refractivity (Wildman–Crippen MR) is 86.6 cm³/mol. The first-order valence-corrected chi connectivity index (χ1v) is 8.11. The number of benzene rings is 1. The van der Waals surface area contributed by atoms with Crippen LogP contribution in [0, 0.1) is 19.7 Å². The number of rotatable bonds is 4. The molecule has 0 atom stereocenters. The van der Waals surface area contributed by atoms with Gasteiger partial charge in [0.25, 0.3) is 0 Å². The zero-order chi connectivity index (χ0) is 16.4.